The zero-order chi connectivity index (χ0) is 19.2. The lowest BCUT2D eigenvalue weighted by Gasteiger charge is -2.21. The second-order valence-corrected chi connectivity index (χ2v) is 6.35. The van der Waals surface area contributed by atoms with Crippen LogP contribution in [0.2, 0.25) is 0 Å². The summed E-state index contributed by atoms with van der Waals surface area (Å²) >= 11 is 0. The molecule has 0 aromatic heterocycles. The number of carbonyl (C=O) groups excluding carboxylic acids is 1. The van der Waals surface area contributed by atoms with E-state index in [1.165, 1.54) is 12.8 Å². The molecule has 1 N–H and O–H groups in total. The molecule has 1 aliphatic carbocycles. The van der Waals surface area contributed by atoms with Crippen molar-refractivity contribution in [2.45, 2.75) is 77.6 Å². The van der Waals surface area contributed by atoms with Crippen LogP contribution >= 0.6 is 0 Å². The highest BCUT2D eigenvalue weighted by molar-refractivity contribution is 5.69. The lowest BCUT2D eigenvalue weighted by atomic mass is 10.2. The summed E-state index contributed by atoms with van der Waals surface area (Å²) in [7, 11) is 0. The predicted octanol–water partition coefficient (Wildman–Crippen LogP) is 4.12. The van der Waals surface area contributed by atoms with Crippen LogP contribution in [0.5, 0.6) is 5.75 Å². The first-order valence-corrected chi connectivity index (χ1v) is 9.80. The molecule has 5 heteroatoms. The van der Waals surface area contributed by atoms with Gasteiger partial charge in [0.25, 0.3) is 0 Å². The average molecular weight is 366 g/mol. The normalized spacial score (nSPS) is 23.8. The monoisotopic (exact) mass is 366 g/mol. The van der Waals surface area contributed by atoms with Crippen LogP contribution in [-0.2, 0) is 14.3 Å². The summed E-state index contributed by atoms with van der Waals surface area (Å²) in [4.78, 5) is 11.3. The Morgan fingerprint density at radius 3 is 2.35 bits per heavy atom. The number of hydrogen-bond donors (Lipinski definition) is 1. The van der Waals surface area contributed by atoms with Crippen molar-refractivity contribution < 1.29 is 24.1 Å². The fourth-order valence-electron chi connectivity index (χ4n) is 2.82. The van der Waals surface area contributed by atoms with Crippen molar-refractivity contribution in [3.8, 4) is 5.75 Å². The quantitative estimate of drug-likeness (QED) is 0.798. The van der Waals surface area contributed by atoms with Crippen molar-refractivity contribution in [1.29, 1.82) is 0 Å². The van der Waals surface area contributed by atoms with Crippen LogP contribution in [0.3, 0.4) is 0 Å². The molecule has 26 heavy (non-hydrogen) atoms. The van der Waals surface area contributed by atoms with Crippen molar-refractivity contribution in [2.24, 2.45) is 0 Å². The molecule has 2 atom stereocenters. The van der Waals surface area contributed by atoms with Gasteiger partial charge in [0.15, 0.2) is 0 Å². The molecule has 1 aromatic carbocycles. The van der Waals surface area contributed by atoms with Crippen molar-refractivity contribution >= 4 is 5.97 Å². The SMILES string of the molecule is CC.CC1CC(Oc2ccccc2)COCCC(=O)O1.OC1CCCC1. The van der Waals surface area contributed by atoms with Crippen LogP contribution in [0.1, 0.15) is 59.3 Å². The van der Waals surface area contributed by atoms with Gasteiger partial charge in [0.2, 0.25) is 0 Å². The molecule has 1 saturated heterocycles. The number of benzene rings is 1. The smallest absolute Gasteiger partial charge is 0.308 e. The summed E-state index contributed by atoms with van der Waals surface area (Å²) in [6.07, 6.45) is 5.32. The van der Waals surface area contributed by atoms with Crippen LogP contribution in [-0.4, -0.2) is 42.6 Å². The Labute approximate surface area is 157 Å². The molecule has 0 amide bonds. The fourth-order valence-corrected chi connectivity index (χ4v) is 2.82. The van der Waals surface area contributed by atoms with Gasteiger partial charge in [0, 0.05) is 6.42 Å². The first-order valence-electron chi connectivity index (χ1n) is 9.80. The van der Waals surface area contributed by atoms with E-state index in [1.807, 2.05) is 51.1 Å². The van der Waals surface area contributed by atoms with Crippen molar-refractivity contribution in [1.82, 2.24) is 0 Å². The molecule has 0 radical (unpaired) electrons. The molecule has 2 aliphatic rings. The van der Waals surface area contributed by atoms with Crippen LogP contribution in [0.15, 0.2) is 30.3 Å². The van der Waals surface area contributed by atoms with E-state index in [-0.39, 0.29) is 24.3 Å². The standard InChI is InChI=1S/C14H18O4.C5H10O.C2H6/c1-11-9-13(10-16-8-7-14(15)17-11)18-12-5-3-2-4-6-12;6-5-3-1-2-4-5;1-2/h2-6,11,13H,7-10H2,1H3;5-6H,1-4H2;1-2H3. The maximum atomic E-state index is 11.3. The van der Waals surface area contributed by atoms with Gasteiger partial charge in [-0.05, 0) is 31.9 Å². The lowest BCUT2D eigenvalue weighted by molar-refractivity contribution is -0.149. The van der Waals surface area contributed by atoms with Crippen molar-refractivity contribution in [3.63, 3.8) is 0 Å². The number of aliphatic hydroxyl groups excluding tert-OH is 1. The van der Waals surface area contributed by atoms with E-state index in [0.717, 1.165) is 18.6 Å². The van der Waals surface area contributed by atoms with E-state index < -0.39 is 0 Å². The van der Waals surface area contributed by atoms with E-state index in [0.29, 0.717) is 26.1 Å². The molecule has 1 aromatic rings. The third kappa shape index (κ3) is 9.78. The van der Waals surface area contributed by atoms with Gasteiger partial charge in [-0.3, -0.25) is 4.79 Å². The van der Waals surface area contributed by atoms with Gasteiger partial charge in [0.05, 0.1) is 25.7 Å². The third-order valence-electron chi connectivity index (χ3n) is 4.05. The second kappa shape index (κ2) is 13.6. The molecule has 3 rings (SSSR count). The summed E-state index contributed by atoms with van der Waals surface area (Å²) < 4.78 is 16.5. The highest BCUT2D eigenvalue weighted by atomic mass is 16.6. The Morgan fingerprint density at radius 1 is 1.12 bits per heavy atom. The third-order valence-corrected chi connectivity index (χ3v) is 4.05. The summed E-state index contributed by atoms with van der Waals surface area (Å²) in [5.74, 6) is 0.603. The van der Waals surface area contributed by atoms with Gasteiger partial charge in [-0.25, -0.2) is 0 Å². The number of ether oxygens (including phenoxy) is 3. The molecule has 2 fully saturated rings. The topological polar surface area (TPSA) is 65.0 Å². The minimum Gasteiger partial charge on any atom is -0.488 e. The van der Waals surface area contributed by atoms with E-state index in [1.54, 1.807) is 0 Å². The lowest BCUT2D eigenvalue weighted by Crippen LogP contribution is -2.27. The van der Waals surface area contributed by atoms with Crippen LogP contribution in [0, 0.1) is 0 Å². The van der Waals surface area contributed by atoms with E-state index in [9.17, 15) is 4.79 Å². The minimum atomic E-state index is -0.206. The first-order chi connectivity index (χ1) is 12.6. The Morgan fingerprint density at radius 2 is 1.77 bits per heavy atom. The number of cyclic esters (lactones) is 1. The van der Waals surface area contributed by atoms with Crippen LogP contribution in [0.4, 0.5) is 0 Å². The number of carbonyl (C=O) groups is 1. The Bertz CT molecular complexity index is 471. The van der Waals surface area contributed by atoms with E-state index >= 15 is 0 Å². The maximum absolute atomic E-state index is 11.3. The fraction of sp³-hybridized carbons (Fsp3) is 0.667. The van der Waals surface area contributed by atoms with Crippen molar-refractivity contribution in [2.75, 3.05) is 13.2 Å². The summed E-state index contributed by atoms with van der Waals surface area (Å²) in [5, 5.41) is 8.73. The molecular weight excluding hydrogens is 332 g/mol. The number of para-hydroxylation sites is 1. The number of esters is 1. The highest BCUT2D eigenvalue weighted by Gasteiger charge is 2.20. The molecule has 1 heterocycles. The molecule has 148 valence electrons. The van der Waals surface area contributed by atoms with Gasteiger partial charge in [-0.1, -0.05) is 44.9 Å². The predicted molar refractivity (Wildman–Crippen MR) is 102 cm³/mol. The highest BCUT2D eigenvalue weighted by Crippen LogP contribution is 2.17. The number of aliphatic hydroxyl groups is 1. The van der Waals surface area contributed by atoms with Crippen molar-refractivity contribution in [3.05, 3.63) is 30.3 Å². The molecule has 2 unspecified atom stereocenters. The molecule has 1 aliphatic heterocycles. The zero-order valence-electron chi connectivity index (χ0n) is 16.4. The Kier molecular flexibility index (Phi) is 11.7. The van der Waals surface area contributed by atoms with Gasteiger partial charge >= 0.3 is 5.97 Å². The van der Waals surface area contributed by atoms with E-state index in [2.05, 4.69) is 0 Å². The number of rotatable bonds is 2. The first kappa shape index (κ1) is 22.5. The summed E-state index contributed by atoms with van der Waals surface area (Å²) in [6.45, 7) is 6.75. The maximum Gasteiger partial charge on any atom is 0.308 e. The van der Waals surface area contributed by atoms with Crippen LogP contribution in [0.25, 0.3) is 0 Å². The Hall–Kier alpha value is -1.59. The average Bonchev–Trinajstić information content (AvgIpc) is 3.14. The molecule has 0 bridgehead atoms. The Balaban J connectivity index is 0.000000353. The van der Waals surface area contributed by atoms with E-state index in [4.69, 9.17) is 19.3 Å². The molecular formula is C21H34O5. The van der Waals surface area contributed by atoms with Gasteiger partial charge in [-0.2, -0.15) is 0 Å². The second-order valence-electron chi connectivity index (χ2n) is 6.35. The molecule has 1 saturated carbocycles. The van der Waals surface area contributed by atoms with Gasteiger partial charge in [0.1, 0.15) is 18.0 Å². The molecule has 0 spiro atoms. The van der Waals surface area contributed by atoms with Gasteiger partial charge < -0.3 is 19.3 Å². The number of hydrogen-bond acceptors (Lipinski definition) is 5. The molecule has 5 nitrogen and oxygen atoms in total. The van der Waals surface area contributed by atoms with Crippen LogP contribution < -0.4 is 4.74 Å². The largest absolute Gasteiger partial charge is 0.488 e. The summed E-state index contributed by atoms with van der Waals surface area (Å²) in [6, 6.07) is 9.60. The van der Waals surface area contributed by atoms with Gasteiger partial charge in [-0.15, -0.1) is 0 Å². The zero-order valence-corrected chi connectivity index (χ0v) is 16.4. The minimum absolute atomic E-state index is 0.0463. The summed E-state index contributed by atoms with van der Waals surface area (Å²) in [5.41, 5.74) is 0.